The second kappa shape index (κ2) is 5.24. The van der Waals surface area contributed by atoms with Crippen LogP contribution < -0.4 is 16.2 Å². The Labute approximate surface area is 119 Å². The zero-order valence-corrected chi connectivity index (χ0v) is 11.6. The third kappa shape index (κ3) is 2.82. The van der Waals surface area contributed by atoms with E-state index in [0.29, 0.717) is 4.88 Å². The molecule has 0 unspecified atom stereocenters. The molecule has 1 aromatic rings. The monoisotopic (exact) mass is 293 g/mol. The normalized spacial score (nSPS) is 16.4. The summed E-state index contributed by atoms with van der Waals surface area (Å²) in [7, 11) is 0. The van der Waals surface area contributed by atoms with E-state index >= 15 is 0 Å². The molecule has 2 aliphatic rings. The molecule has 3 rings (SSSR count). The summed E-state index contributed by atoms with van der Waals surface area (Å²) in [5, 5.41) is 2.55. The molecule has 1 saturated carbocycles. The van der Waals surface area contributed by atoms with Crippen LogP contribution in [0.2, 0.25) is 0 Å². The molecule has 2 aliphatic carbocycles. The number of aryl methyl sites for hydroxylation is 2. The van der Waals surface area contributed by atoms with E-state index in [4.69, 9.17) is 0 Å². The molecule has 20 heavy (non-hydrogen) atoms. The lowest BCUT2D eigenvalue weighted by Gasteiger charge is -2.06. The van der Waals surface area contributed by atoms with E-state index in [0.717, 1.165) is 32.1 Å². The van der Waals surface area contributed by atoms with Crippen molar-refractivity contribution in [1.82, 2.24) is 16.2 Å². The predicted octanol–water partition coefficient (Wildman–Crippen LogP) is 0.276. The Morgan fingerprint density at radius 3 is 2.60 bits per heavy atom. The first kappa shape index (κ1) is 13.1. The van der Waals surface area contributed by atoms with E-state index in [1.165, 1.54) is 21.8 Å². The topological polar surface area (TPSA) is 87.3 Å². The van der Waals surface area contributed by atoms with Crippen molar-refractivity contribution < 1.29 is 14.4 Å². The molecule has 0 spiro atoms. The Hall–Kier alpha value is -1.89. The van der Waals surface area contributed by atoms with Gasteiger partial charge in [0.15, 0.2) is 0 Å². The standard InChI is InChI=1S/C13H15N3O3S/c17-11(10-6-7-2-1-3-9(7)20-10)15-16-13(19)12(18)14-8-4-5-8/h6,8H,1-5H2,(H,14,18)(H,15,17)(H,16,19). The van der Waals surface area contributed by atoms with Crippen LogP contribution in [0.15, 0.2) is 6.07 Å². The zero-order chi connectivity index (χ0) is 14.1. The third-order valence-corrected chi connectivity index (χ3v) is 4.61. The lowest BCUT2D eigenvalue weighted by atomic mass is 10.2. The Morgan fingerprint density at radius 1 is 1.10 bits per heavy atom. The molecule has 0 bridgehead atoms. The number of hydrogen-bond acceptors (Lipinski definition) is 4. The van der Waals surface area contributed by atoms with Crippen LogP contribution in [0.1, 0.15) is 39.4 Å². The number of amides is 3. The molecular formula is C13H15N3O3S. The van der Waals surface area contributed by atoms with Gasteiger partial charge in [-0.25, -0.2) is 0 Å². The van der Waals surface area contributed by atoms with Gasteiger partial charge in [0.2, 0.25) is 0 Å². The van der Waals surface area contributed by atoms with E-state index in [2.05, 4.69) is 16.2 Å². The Kier molecular flexibility index (Phi) is 3.43. The Bertz CT molecular complexity index is 556. The van der Waals surface area contributed by atoms with Gasteiger partial charge in [-0.2, -0.15) is 0 Å². The quantitative estimate of drug-likeness (QED) is 0.540. The number of nitrogens with one attached hydrogen (secondary N) is 3. The van der Waals surface area contributed by atoms with E-state index in [1.54, 1.807) is 0 Å². The maximum absolute atomic E-state index is 11.9. The van der Waals surface area contributed by atoms with Gasteiger partial charge in [-0.05, 0) is 43.7 Å². The summed E-state index contributed by atoms with van der Waals surface area (Å²) in [5.41, 5.74) is 5.63. The SMILES string of the molecule is O=C(NNC(=O)c1cc2c(s1)CCC2)C(=O)NC1CC1. The molecule has 3 N–H and O–H groups in total. The van der Waals surface area contributed by atoms with Crippen molar-refractivity contribution >= 4 is 29.1 Å². The van der Waals surface area contributed by atoms with Gasteiger partial charge in [0.05, 0.1) is 4.88 Å². The molecule has 3 amide bonds. The molecule has 0 saturated heterocycles. The van der Waals surface area contributed by atoms with Gasteiger partial charge in [0.1, 0.15) is 0 Å². The highest BCUT2D eigenvalue weighted by Crippen LogP contribution is 2.30. The maximum Gasteiger partial charge on any atom is 0.327 e. The third-order valence-electron chi connectivity index (χ3n) is 3.38. The van der Waals surface area contributed by atoms with Crippen molar-refractivity contribution in [2.45, 2.75) is 38.1 Å². The lowest BCUT2D eigenvalue weighted by molar-refractivity contribution is -0.139. The highest BCUT2D eigenvalue weighted by Gasteiger charge is 2.26. The Balaban J connectivity index is 1.50. The molecule has 1 aromatic heterocycles. The summed E-state index contributed by atoms with van der Waals surface area (Å²) in [4.78, 5) is 36.5. The molecule has 7 heteroatoms. The van der Waals surface area contributed by atoms with Crippen LogP contribution in [0.25, 0.3) is 0 Å². The van der Waals surface area contributed by atoms with Crippen LogP contribution in [0.5, 0.6) is 0 Å². The average Bonchev–Trinajstić information content (AvgIpc) is 2.98. The van der Waals surface area contributed by atoms with Gasteiger partial charge in [-0.1, -0.05) is 0 Å². The second-order valence-electron chi connectivity index (χ2n) is 5.07. The van der Waals surface area contributed by atoms with Crippen molar-refractivity contribution in [1.29, 1.82) is 0 Å². The molecule has 1 heterocycles. The minimum atomic E-state index is -0.839. The van der Waals surface area contributed by atoms with Crippen molar-refractivity contribution in [2.75, 3.05) is 0 Å². The van der Waals surface area contributed by atoms with Crippen LogP contribution >= 0.6 is 11.3 Å². The molecule has 0 aromatic carbocycles. The first-order chi connectivity index (χ1) is 9.63. The van der Waals surface area contributed by atoms with Gasteiger partial charge in [0.25, 0.3) is 5.91 Å². The minimum absolute atomic E-state index is 0.115. The molecule has 0 aliphatic heterocycles. The molecular weight excluding hydrogens is 278 g/mol. The number of hydrazine groups is 1. The summed E-state index contributed by atoms with van der Waals surface area (Å²) in [6, 6.07) is 1.97. The number of thiophene rings is 1. The van der Waals surface area contributed by atoms with Crippen molar-refractivity contribution in [3.05, 3.63) is 21.4 Å². The number of fused-ring (bicyclic) bond motifs is 1. The van der Waals surface area contributed by atoms with Crippen molar-refractivity contribution in [3.63, 3.8) is 0 Å². The first-order valence-corrected chi connectivity index (χ1v) is 7.48. The van der Waals surface area contributed by atoms with Crippen LogP contribution in [0.4, 0.5) is 0 Å². The average molecular weight is 293 g/mol. The van der Waals surface area contributed by atoms with Crippen LogP contribution in [0.3, 0.4) is 0 Å². The van der Waals surface area contributed by atoms with Gasteiger partial charge in [-0.3, -0.25) is 25.2 Å². The van der Waals surface area contributed by atoms with Crippen molar-refractivity contribution in [3.8, 4) is 0 Å². The van der Waals surface area contributed by atoms with Gasteiger partial charge in [-0.15, -0.1) is 11.3 Å². The number of hydrogen-bond donors (Lipinski definition) is 3. The van der Waals surface area contributed by atoms with Crippen LogP contribution in [-0.2, 0) is 22.4 Å². The van der Waals surface area contributed by atoms with Gasteiger partial charge < -0.3 is 5.32 Å². The molecule has 0 atom stereocenters. The van der Waals surface area contributed by atoms with Crippen molar-refractivity contribution in [2.24, 2.45) is 0 Å². The van der Waals surface area contributed by atoms with E-state index in [9.17, 15) is 14.4 Å². The van der Waals surface area contributed by atoms with Gasteiger partial charge in [0, 0.05) is 10.9 Å². The number of rotatable bonds is 2. The predicted molar refractivity (Wildman–Crippen MR) is 73.1 cm³/mol. The van der Waals surface area contributed by atoms with Gasteiger partial charge >= 0.3 is 11.8 Å². The summed E-state index contributed by atoms with van der Waals surface area (Å²) in [5.74, 6) is -1.92. The fraction of sp³-hybridized carbons (Fsp3) is 0.462. The summed E-state index contributed by atoms with van der Waals surface area (Å²) in [6.07, 6.45) is 4.98. The summed E-state index contributed by atoms with van der Waals surface area (Å²) in [6.45, 7) is 0. The molecule has 1 fully saturated rings. The largest absolute Gasteiger partial charge is 0.345 e. The van der Waals surface area contributed by atoms with Crippen LogP contribution in [0, 0.1) is 0 Å². The number of carbonyl (C=O) groups excluding carboxylic acids is 3. The highest BCUT2D eigenvalue weighted by atomic mass is 32.1. The maximum atomic E-state index is 11.9. The zero-order valence-electron chi connectivity index (χ0n) is 10.8. The fourth-order valence-corrected chi connectivity index (χ4v) is 3.30. The van der Waals surface area contributed by atoms with E-state index in [-0.39, 0.29) is 11.9 Å². The fourth-order valence-electron chi connectivity index (χ4n) is 2.15. The summed E-state index contributed by atoms with van der Waals surface area (Å²) >= 11 is 1.45. The van der Waals surface area contributed by atoms with Crippen LogP contribution in [-0.4, -0.2) is 23.8 Å². The first-order valence-electron chi connectivity index (χ1n) is 6.66. The second-order valence-corrected chi connectivity index (χ2v) is 6.21. The number of carbonyl (C=O) groups is 3. The lowest BCUT2D eigenvalue weighted by Crippen LogP contribution is -2.48. The smallest absolute Gasteiger partial charge is 0.327 e. The van der Waals surface area contributed by atoms with E-state index < -0.39 is 11.8 Å². The molecule has 6 nitrogen and oxygen atoms in total. The van der Waals surface area contributed by atoms with E-state index in [1.807, 2.05) is 6.07 Å². The Morgan fingerprint density at radius 2 is 1.90 bits per heavy atom. The molecule has 106 valence electrons. The summed E-state index contributed by atoms with van der Waals surface area (Å²) < 4.78 is 0. The molecule has 0 radical (unpaired) electrons. The minimum Gasteiger partial charge on any atom is -0.345 e. The highest BCUT2D eigenvalue weighted by molar-refractivity contribution is 7.14.